The van der Waals surface area contributed by atoms with Crippen LogP contribution in [0.1, 0.15) is 0 Å². The van der Waals surface area contributed by atoms with Gasteiger partial charge in [0.05, 0.1) is 0 Å². The highest BCUT2D eigenvalue weighted by Crippen LogP contribution is 1.97. The van der Waals surface area contributed by atoms with Crippen molar-refractivity contribution in [2.24, 2.45) is 27.9 Å². The molecule has 6 nitrogen and oxygen atoms in total. The number of likely N-dealkylation sites (N-methyl/N-ethyl adjacent to an activating group) is 1. The standard InChI is InChI=1S/C7H16N6/c1-4(8)12-7(13(2)3)5(9)6(10)11/h1,8-11H2,2-3H3/b12-7+. The summed E-state index contributed by atoms with van der Waals surface area (Å²) in [6.07, 6.45) is 0. The van der Waals surface area contributed by atoms with Crippen LogP contribution in [-0.4, -0.2) is 24.8 Å². The van der Waals surface area contributed by atoms with Crippen molar-refractivity contribution in [2.75, 3.05) is 14.1 Å². The van der Waals surface area contributed by atoms with Crippen molar-refractivity contribution >= 4 is 5.84 Å². The van der Waals surface area contributed by atoms with Crippen LogP contribution in [0.5, 0.6) is 0 Å². The zero-order chi connectivity index (χ0) is 10.6. The molecule has 0 aromatic heterocycles. The van der Waals surface area contributed by atoms with E-state index in [9.17, 15) is 0 Å². The van der Waals surface area contributed by atoms with Gasteiger partial charge >= 0.3 is 0 Å². The zero-order valence-electron chi connectivity index (χ0n) is 7.91. The van der Waals surface area contributed by atoms with Crippen LogP contribution in [0.15, 0.2) is 28.9 Å². The van der Waals surface area contributed by atoms with E-state index in [1.165, 1.54) is 0 Å². The zero-order valence-corrected chi connectivity index (χ0v) is 7.91. The third-order valence-corrected chi connectivity index (χ3v) is 1.23. The molecule has 0 unspecified atom stereocenters. The Bertz CT molecular complexity index is 258. The van der Waals surface area contributed by atoms with Crippen molar-refractivity contribution in [3.05, 3.63) is 23.9 Å². The Labute approximate surface area is 77.6 Å². The largest absolute Gasteiger partial charge is 0.393 e. The fraction of sp³-hybridized carbons (Fsp3) is 0.286. The third-order valence-electron chi connectivity index (χ3n) is 1.23. The number of hydrogen-bond donors (Lipinski definition) is 4. The lowest BCUT2D eigenvalue weighted by molar-refractivity contribution is 0.618. The summed E-state index contributed by atoms with van der Waals surface area (Å²) < 4.78 is 0. The normalized spacial score (nSPS) is 10.8. The van der Waals surface area contributed by atoms with Gasteiger partial charge in [-0.05, 0) is 0 Å². The predicted molar refractivity (Wildman–Crippen MR) is 54.0 cm³/mol. The first-order chi connectivity index (χ1) is 5.86. The average Bonchev–Trinajstić information content (AvgIpc) is 1.97. The SMILES string of the molecule is C=C(N)/N=C(\C(N)=C(N)N)N(C)C. The Kier molecular flexibility index (Phi) is 3.64. The van der Waals surface area contributed by atoms with Gasteiger partial charge in [-0.15, -0.1) is 0 Å². The minimum atomic E-state index is 0.00806. The molecule has 0 saturated heterocycles. The van der Waals surface area contributed by atoms with Crippen LogP contribution in [0.3, 0.4) is 0 Å². The smallest absolute Gasteiger partial charge is 0.157 e. The van der Waals surface area contributed by atoms with Crippen LogP contribution in [-0.2, 0) is 0 Å². The topological polar surface area (TPSA) is 120 Å². The van der Waals surface area contributed by atoms with Crippen molar-refractivity contribution in [1.82, 2.24) is 4.90 Å². The predicted octanol–water partition coefficient (Wildman–Crippen LogP) is -1.58. The fourth-order valence-electron chi connectivity index (χ4n) is 0.666. The summed E-state index contributed by atoms with van der Waals surface area (Å²) in [6.45, 7) is 3.42. The first kappa shape index (κ1) is 11.2. The molecule has 0 aromatic rings. The molecule has 0 saturated carbocycles. The molecule has 74 valence electrons. The highest BCUT2D eigenvalue weighted by molar-refractivity contribution is 5.98. The molecule has 0 aliphatic carbocycles. The van der Waals surface area contributed by atoms with E-state index < -0.39 is 0 Å². The van der Waals surface area contributed by atoms with Gasteiger partial charge < -0.3 is 27.8 Å². The van der Waals surface area contributed by atoms with Crippen LogP contribution in [0.25, 0.3) is 0 Å². The summed E-state index contributed by atoms with van der Waals surface area (Å²) in [4.78, 5) is 5.53. The van der Waals surface area contributed by atoms with Gasteiger partial charge in [-0.25, -0.2) is 4.99 Å². The maximum absolute atomic E-state index is 5.57. The van der Waals surface area contributed by atoms with Crippen LogP contribution >= 0.6 is 0 Å². The molecule has 8 N–H and O–H groups in total. The lowest BCUT2D eigenvalue weighted by atomic mass is 10.4. The Morgan fingerprint density at radius 3 is 1.85 bits per heavy atom. The summed E-state index contributed by atoms with van der Waals surface area (Å²) in [6, 6.07) is 0. The second-order valence-electron chi connectivity index (χ2n) is 2.69. The third kappa shape index (κ3) is 3.37. The number of aliphatic imine (C=N–C) groups is 1. The van der Waals surface area contributed by atoms with Crippen LogP contribution in [0, 0.1) is 0 Å². The second-order valence-corrected chi connectivity index (χ2v) is 2.69. The van der Waals surface area contributed by atoms with E-state index in [1.807, 2.05) is 0 Å². The van der Waals surface area contributed by atoms with Gasteiger partial charge in [0, 0.05) is 14.1 Å². The second kappa shape index (κ2) is 4.24. The molecule has 0 bridgehead atoms. The molecule has 0 aromatic carbocycles. The van der Waals surface area contributed by atoms with Crippen LogP contribution < -0.4 is 22.9 Å². The van der Waals surface area contributed by atoms with Crippen LogP contribution in [0.4, 0.5) is 0 Å². The van der Waals surface area contributed by atoms with E-state index in [4.69, 9.17) is 22.9 Å². The van der Waals surface area contributed by atoms with Crippen molar-refractivity contribution in [2.45, 2.75) is 0 Å². The first-order valence-electron chi connectivity index (χ1n) is 3.57. The van der Waals surface area contributed by atoms with Crippen molar-refractivity contribution in [1.29, 1.82) is 0 Å². The number of amidine groups is 1. The Balaban J connectivity index is 5.06. The van der Waals surface area contributed by atoms with E-state index in [2.05, 4.69) is 11.6 Å². The average molecular weight is 184 g/mol. The lowest BCUT2D eigenvalue weighted by Gasteiger charge is -2.16. The van der Waals surface area contributed by atoms with E-state index in [1.54, 1.807) is 19.0 Å². The molecule has 13 heavy (non-hydrogen) atoms. The molecule has 0 aliphatic heterocycles. The Hall–Kier alpha value is -1.85. The Morgan fingerprint density at radius 2 is 1.62 bits per heavy atom. The van der Waals surface area contributed by atoms with Gasteiger partial charge in [0.2, 0.25) is 0 Å². The van der Waals surface area contributed by atoms with Crippen LogP contribution in [0.2, 0.25) is 0 Å². The van der Waals surface area contributed by atoms with Crippen molar-refractivity contribution in [3.63, 3.8) is 0 Å². The fourth-order valence-corrected chi connectivity index (χ4v) is 0.666. The highest BCUT2D eigenvalue weighted by Gasteiger charge is 2.08. The summed E-state index contributed by atoms with van der Waals surface area (Å²) in [5, 5.41) is 0. The minimum Gasteiger partial charge on any atom is -0.393 e. The quantitative estimate of drug-likeness (QED) is 0.305. The van der Waals surface area contributed by atoms with E-state index in [-0.39, 0.29) is 17.3 Å². The number of rotatable bonds is 2. The van der Waals surface area contributed by atoms with Gasteiger partial charge in [-0.2, -0.15) is 0 Å². The maximum atomic E-state index is 5.57. The summed E-state index contributed by atoms with van der Waals surface area (Å²) >= 11 is 0. The summed E-state index contributed by atoms with van der Waals surface area (Å²) in [7, 11) is 3.50. The Morgan fingerprint density at radius 1 is 1.15 bits per heavy atom. The summed E-state index contributed by atoms with van der Waals surface area (Å²) in [5.41, 5.74) is 21.7. The molecule has 0 radical (unpaired) electrons. The molecule has 0 aliphatic rings. The van der Waals surface area contributed by atoms with Gasteiger partial charge in [-0.3, -0.25) is 0 Å². The number of hydrogen-bond acceptors (Lipinski definition) is 5. The minimum absolute atomic E-state index is 0.00806. The number of nitrogens with two attached hydrogens (primary N) is 4. The summed E-state index contributed by atoms with van der Waals surface area (Å²) in [5.74, 6) is 0.550. The first-order valence-corrected chi connectivity index (χ1v) is 3.57. The molecule has 0 rings (SSSR count). The van der Waals surface area contributed by atoms with Crippen molar-refractivity contribution in [3.8, 4) is 0 Å². The molecule has 0 amide bonds. The van der Waals surface area contributed by atoms with Gasteiger partial charge in [0.15, 0.2) is 5.84 Å². The molecule has 0 fully saturated rings. The van der Waals surface area contributed by atoms with Gasteiger partial charge in [0.25, 0.3) is 0 Å². The maximum Gasteiger partial charge on any atom is 0.157 e. The van der Waals surface area contributed by atoms with E-state index in [0.29, 0.717) is 5.84 Å². The molecular weight excluding hydrogens is 168 g/mol. The molecule has 0 spiro atoms. The lowest BCUT2D eigenvalue weighted by Crippen LogP contribution is -2.33. The molecule has 6 heteroatoms. The van der Waals surface area contributed by atoms with Crippen molar-refractivity contribution < 1.29 is 0 Å². The van der Waals surface area contributed by atoms with Gasteiger partial charge in [-0.1, -0.05) is 6.58 Å². The number of nitrogens with zero attached hydrogens (tertiary/aromatic N) is 2. The van der Waals surface area contributed by atoms with E-state index >= 15 is 0 Å². The molecule has 0 heterocycles. The van der Waals surface area contributed by atoms with E-state index in [0.717, 1.165) is 0 Å². The highest BCUT2D eigenvalue weighted by atomic mass is 15.2. The van der Waals surface area contributed by atoms with Gasteiger partial charge in [0.1, 0.15) is 17.3 Å². The monoisotopic (exact) mass is 184 g/mol. The molecular formula is C7H16N6. The molecule has 0 atom stereocenters.